The molecular weight excluding hydrogens is 286 g/mol. The first-order valence-corrected chi connectivity index (χ1v) is 8.90. The second-order valence-electron chi connectivity index (χ2n) is 5.89. The van der Waals surface area contributed by atoms with Gasteiger partial charge in [-0.25, -0.2) is 8.42 Å². The quantitative estimate of drug-likeness (QED) is 0.876. The van der Waals surface area contributed by atoms with Crippen LogP contribution in [0.4, 0.5) is 0 Å². The highest BCUT2D eigenvalue weighted by molar-refractivity contribution is 7.91. The predicted molar refractivity (Wildman–Crippen MR) is 79.5 cm³/mol. The highest BCUT2D eigenvalue weighted by Crippen LogP contribution is 2.26. The fourth-order valence-electron chi connectivity index (χ4n) is 3.24. The van der Waals surface area contributed by atoms with Crippen LogP contribution in [0.2, 0.25) is 0 Å². The zero-order valence-corrected chi connectivity index (χ0v) is 12.6. The first-order valence-electron chi connectivity index (χ1n) is 7.24. The van der Waals surface area contributed by atoms with Gasteiger partial charge in [-0.2, -0.15) is 5.26 Å². The molecule has 0 saturated carbocycles. The molecule has 5 nitrogen and oxygen atoms in total. The Kier molecular flexibility index (Phi) is 3.98. The summed E-state index contributed by atoms with van der Waals surface area (Å²) < 4.78 is 24.6. The molecule has 2 aliphatic rings. The summed E-state index contributed by atoms with van der Waals surface area (Å²) in [5.74, 6) is 1.51. The normalized spacial score (nSPS) is 25.7. The Morgan fingerprint density at radius 3 is 2.38 bits per heavy atom. The van der Waals surface area contributed by atoms with Gasteiger partial charge in [-0.05, 0) is 49.2 Å². The molecule has 112 valence electrons. The first-order chi connectivity index (χ1) is 10.1. The van der Waals surface area contributed by atoms with E-state index in [4.69, 9.17) is 5.26 Å². The Hall–Kier alpha value is -1.42. The first kappa shape index (κ1) is 14.5. The van der Waals surface area contributed by atoms with E-state index >= 15 is 0 Å². The van der Waals surface area contributed by atoms with E-state index in [2.05, 4.69) is 10.2 Å². The summed E-state index contributed by atoms with van der Waals surface area (Å²) >= 11 is 0. The zero-order chi connectivity index (χ0) is 14.9. The maximum Gasteiger partial charge on any atom is 0.179 e. The lowest BCUT2D eigenvalue weighted by atomic mass is 10.0. The van der Waals surface area contributed by atoms with Gasteiger partial charge < -0.3 is 10.2 Å². The van der Waals surface area contributed by atoms with E-state index in [0.717, 1.165) is 26.2 Å². The van der Waals surface area contributed by atoms with Crippen LogP contribution in [0.5, 0.6) is 0 Å². The van der Waals surface area contributed by atoms with E-state index in [1.54, 1.807) is 12.1 Å². The van der Waals surface area contributed by atoms with Crippen LogP contribution in [0.1, 0.15) is 5.56 Å². The van der Waals surface area contributed by atoms with E-state index < -0.39 is 9.84 Å². The van der Waals surface area contributed by atoms with Crippen molar-refractivity contribution in [2.75, 3.05) is 38.5 Å². The molecule has 2 aliphatic heterocycles. The van der Waals surface area contributed by atoms with Crippen molar-refractivity contribution in [3.05, 3.63) is 29.8 Å². The smallest absolute Gasteiger partial charge is 0.179 e. The molecule has 2 atom stereocenters. The van der Waals surface area contributed by atoms with Crippen LogP contribution in [0.25, 0.3) is 0 Å². The third-order valence-electron chi connectivity index (χ3n) is 4.48. The molecule has 3 rings (SSSR count). The molecular formula is C15H19N3O2S. The van der Waals surface area contributed by atoms with Gasteiger partial charge in [-0.3, -0.25) is 0 Å². The number of fused-ring (bicyclic) bond motifs is 1. The third-order valence-corrected chi connectivity index (χ3v) is 6.19. The van der Waals surface area contributed by atoms with Crippen molar-refractivity contribution in [3.63, 3.8) is 0 Å². The Morgan fingerprint density at radius 1 is 1.19 bits per heavy atom. The predicted octanol–water partition coefficient (Wildman–Crippen LogP) is 0.483. The Bertz CT molecular complexity index is 636. The number of rotatable bonds is 4. The second-order valence-corrected chi connectivity index (χ2v) is 8.00. The minimum absolute atomic E-state index is 0.145. The topological polar surface area (TPSA) is 73.2 Å². The molecule has 0 amide bonds. The average molecular weight is 305 g/mol. The van der Waals surface area contributed by atoms with Gasteiger partial charge in [0.05, 0.1) is 22.3 Å². The Balaban J connectivity index is 1.60. The average Bonchev–Trinajstić information content (AvgIpc) is 3.06. The number of nitrogens with one attached hydrogen (secondary N) is 1. The lowest BCUT2D eigenvalue weighted by Gasteiger charge is -2.16. The summed E-state index contributed by atoms with van der Waals surface area (Å²) in [6.45, 7) is 4.71. The molecule has 1 aromatic rings. The second kappa shape index (κ2) is 5.76. The minimum Gasteiger partial charge on any atom is -0.316 e. The van der Waals surface area contributed by atoms with Crippen LogP contribution in [-0.4, -0.2) is 51.8 Å². The molecule has 2 unspecified atom stereocenters. The maximum absolute atomic E-state index is 12.3. The fourth-order valence-corrected chi connectivity index (χ4v) is 4.52. The SMILES string of the molecule is N#Cc1ccc(S(=O)(=O)CCN2CC3CNCC3C2)cc1. The number of hydrogen-bond donors (Lipinski definition) is 1. The summed E-state index contributed by atoms with van der Waals surface area (Å²) in [6.07, 6.45) is 0. The van der Waals surface area contributed by atoms with Crippen LogP contribution < -0.4 is 5.32 Å². The highest BCUT2D eigenvalue weighted by Gasteiger charge is 2.36. The van der Waals surface area contributed by atoms with Gasteiger partial charge in [-0.15, -0.1) is 0 Å². The van der Waals surface area contributed by atoms with Gasteiger partial charge in [0.2, 0.25) is 0 Å². The van der Waals surface area contributed by atoms with Crippen molar-refractivity contribution in [3.8, 4) is 6.07 Å². The van der Waals surface area contributed by atoms with Crippen molar-refractivity contribution in [1.82, 2.24) is 10.2 Å². The van der Waals surface area contributed by atoms with Crippen LogP contribution in [-0.2, 0) is 9.84 Å². The van der Waals surface area contributed by atoms with Gasteiger partial charge in [0, 0.05) is 19.6 Å². The van der Waals surface area contributed by atoms with E-state index in [1.807, 2.05) is 6.07 Å². The molecule has 0 aromatic heterocycles. The van der Waals surface area contributed by atoms with E-state index in [1.165, 1.54) is 12.1 Å². The monoisotopic (exact) mass is 305 g/mol. The van der Waals surface area contributed by atoms with Crippen molar-refractivity contribution >= 4 is 9.84 Å². The number of benzene rings is 1. The van der Waals surface area contributed by atoms with E-state index in [-0.39, 0.29) is 5.75 Å². The molecule has 0 radical (unpaired) electrons. The van der Waals surface area contributed by atoms with E-state index in [9.17, 15) is 8.42 Å². The van der Waals surface area contributed by atoms with Gasteiger partial charge in [-0.1, -0.05) is 0 Å². The molecule has 0 bridgehead atoms. The summed E-state index contributed by atoms with van der Waals surface area (Å²) in [4.78, 5) is 2.57. The number of likely N-dealkylation sites (tertiary alicyclic amines) is 1. The summed E-state index contributed by atoms with van der Waals surface area (Å²) in [7, 11) is -3.26. The van der Waals surface area contributed by atoms with Crippen molar-refractivity contribution < 1.29 is 8.42 Å². The van der Waals surface area contributed by atoms with Gasteiger partial charge >= 0.3 is 0 Å². The highest BCUT2D eigenvalue weighted by atomic mass is 32.2. The van der Waals surface area contributed by atoms with Gasteiger partial charge in [0.1, 0.15) is 0 Å². The molecule has 2 heterocycles. The van der Waals surface area contributed by atoms with Crippen LogP contribution in [0, 0.1) is 23.2 Å². The van der Waals surface area contributed by atoms with Crippen LogP contribution in [0.3, 0.4) is 0 Å². The van der Waals surface area contributed by atoms with Gasteiger partial charge in [0.15, 0.2) is 9.84 Å². The van der Waals surface area contributed by atoms with Crippen molar-refractivity contribution in [1.29, 1.82) is 5.26 Å². The zero-order valence-electron chi connectivity index (χ0n) is 11.8. The standard InChI is InChI=1S/C15H19N3O2S/c16-7-12-1-3-15(4-2-12)21(19,20)6-5-18-10-13-8-17-9-14(13)11-18/h1-4,13-14,17H,5-6,8-11H2. The molecule has 1 aromatic carbocycles. The lowest BCUT2D eigenvalue weighted by Crippen LogP contribution is -2.30. The van der Waals surface area contributed by atoms with Gasteiger partial charge in [0.25, 0.3) is 0 Å². The molecule has 1 N–H and O–H groups in total. The Morgan fingerprint density at radius 2 is 1.81 bits per heavy atom. The molecule has 2 saturated heterocycles. The molecule has 21 heavy (non-hydrogen) atoms. The van der Waals surface area contributed by atoms with Crippen LogP contribution >= 0.6 is 0 Å². The van der Waals surface area contributed by atoms with Crippen LogP contribution in [0.15, 0.2) is 29.2 Å². The number of sulfone groups is 1. The largest absolute Gasteiger partial charge is 0.316 e. The lowest BCUT2D eigenvalue weighted by molar-refractivity contribution is 0.331. The van der Waals surface area contributed by atoms with E-state index in [0.29, 0.717) is 28.8 Å². The number of hydrogen-bond acceptors (Lipinski definition) is 5. The fraction of sp³-hybridized carbons (Fsp3) is 0.533. The molecule has 0 spiro atoms. The molecule has 2 fully saturated rings. The Labute approximate surface area is 125 Å². The third kappa shape index (κ3) is 3.10. The maximum atomic E-state index is 12.3. The molecule has 6 heteroatoms. The summed E-state index contributed by atoms with van der Waals surface area (Å²) in [6, 6.07) is 8.15. The minimum atomic E-state index is -3.26. The van der Waals surface area contributed by atoms with Crippen molar-refractivity contribution in [2.45, 2.75) is 4.90 Å². The summed E-state index contributed by atoms with van der Waals surface area (Å²) in [5, 5.41) is 12.1. The number of nitriles is 1. The summed E-state index contributed by atoms with van der Waals surface area (Å²) in [5.41, 5.74) is 0.480. The molecule has 0 aliphatic carbocycles. The van der Waals surface area contributed by atoms with Crippen molar-refractivity contribution in [2.24, 2.45) is 11.8 Å². The number of nitrogens with zero attached hydrogens (tertiary/aromatic N) is 2.